The van der Waals surface area contributed by atoms with Crippen molar-refractivity contribution in [2.45, 2.75) is 25.9 Å². The van der Waals surface area contributed by atoms with E-state index < -0.39 is 6.10 Å². The average Bonchev–Trinajstić information content (AvgIpc) is 2.37. The van der Waals surface area contributed by atoms with E-state index in [1.54, 1.807) is 14.0 Å². The minimum atomic E-state index is -0.529. The van der Waals surface area contributed by atoms with Crippen LogP contribution < -0.4 is 9.55 Å². The standard InChI is InChI=1S/C13H16BNO3/c1-3-17-13(16)11-8-7-9-5-4-6-10(15(2)14)12(9)18-11/h4-6,11H,3,7-8H2,1-2H3. The van der Waals surface area contributed by atoms with Crippen LogP contribution in [0.25, 0.3) is 0 Å². The Morgan fingerprint density at radius 3 is 3.06 bits per heavy atom. The Morgan fingerprint density at radius 1 is 1.61 bits per heavy atom. The minimum Gasteiger partial charge on any atom is -0.476 e. The number of carbonyl (C=O) groups excluding carboxylic acids is 1. The molecular formula is C13H16BNO3. The SMILES string of the molecule is [B]N(C)c1cccc2c1OC(C(=O)OCC)CC2. The number of benzene rings is 1. The molecule has 1 aromatic carbocycles. The smallest absolute Gasteiger partial charge is 0.347 e. The van der Waals surface area contributed by atoms with Crippen LogP contribution in [0, 0.1) is 0 Å². The van der Waals surface area contributed by atoms with Gasteiger partial charge >= 0.3 is 5.97 Å². The number of rotatable bonds is 3. The Hall–Kier alpha value is -1.65. The molecule has 1 unspecified atom stereocenters. The largest absolute Gasteiger partial charge is 0.476 e. The lowest BCUT2D eigenvalue weighted by molar-refractivity contribution is -0.152. The van der Waals surface area contributed by atoms with Crippen LogP contribution in [-0.4, -0.2) is 33.7 Å². The maximum Gasteiger partial charge on any atom is 0.347 e. The highest BCUT2D eigenvalue weighted by atomic mass is 16.6. The molecule has 5 heteroatoms. The first-order valence-corrected chi connectivity index (χ1v) is 6.07. The maximum absolute atomic E-state index is 11.7. The van der Waals surface area contributed by atoms with E-state index in [0.29, 0.717) is 18.8 Å². The number of para-hydroxylation sites is 1. The first-order chi connectivity index (χ1) is 8.63. The molecule has 2 rings (SSSR count). The molecule has 0 amide bonds. The number of ether oxygens (including phenoxy) is 2. The monoisotopic (exact) mass is 245 g/mol. The number of nitrogens with zero attached hydrogens (tertiary/aromatic N) is 1. The molecule has 1 aromatic rings. The molecule has 0 aromatic heterocycles. The highest BCUT2D eigenvalue weighted by Gasteiger charge is 2.28. The average molecular weight is 245 g/mol. The highest BCUT2D eigenvalue weighted by Crippen LogP contribution is 2.36. The van der Waals surface area contributed by atoms with Crippen molar-refractivity contribution in [1.29, 1.82) is 0 Å². The van der Waals surface area contributed by atoms with Crippen molar-refractivity contribution in [1.82, 2.24) is 0 Å². The summed E-state index contributed by atoms with van der Waals surface area (Å²) >= 11 is 0. The van der Waals surface area contributed by atoms with E-state index in [1.807, 2.05) is 18.2 Å². The second-order valence-electron chi connectivity index (χ2n) is 4.27. The van der Waals surface area contributed by atoms with Gasteiger partial charge in [-0.15, -0.1) is 0 Å². The number of aryl methyl sites for hydroxylation is 1. The number of anilines is 1. The van der Waals surface area contributed by atoms with Gasteiger partial charge in [0, 0.05) is 0 Å². The second-order valence-corrected chi connectivity index (χ2v) is 4.27. The molecule has 1 aliphatic heterocycles. The number of hydrogen-bond acceptors (Lipinski definition) is 4. The van der Waals surface area contributed by atoms with Crippen molar-refractivity contribution < 1.29 is 14.3 Å². The summed E-state index contributed by atoms with van der Waals surface area (Å²) in [4.78, 5) is 13.2. The molecule has 0 saturated carbocycles. The van der Waals surface area contributed by atoms with Gasteiger partial charge in [0.05, 0.1) is 12.3 Å². The van der Waals surface area contributed by atoms with Crippen LogP contribution in [0.15, 0.2) is 18.2 Å². The number of esters is 1. The third kappa shape index (κ3) is 2.45. The molecule has 18 heavy (non-hydrogen) atoms. The fraction of sp³-hybridized carbons (Fsp3) is 0.462. The summed E-state index contributed by atoms with van der Waals surface area (Å²) in [7, 11) is 7.50. The summed E-state index contributed by atoms with van der Waals surface area (Å²) in [5.74, 6) is 0.379. The zero-order valence-corrected chi connectivity index (χ0v) is 10.7. The van der Waals surface area contributed by atoms with Gasteiger partial charge in [0.1, 0.15) is 5.75 Å². The van der Waals surface area contributed by atoms with Crippen molar-refractivity contribution in [3.8, 4) is 5.75 Å². The van der Waals surface area contributed by atoms with Gasteiger partial charge in [0.2, 0.25) is 7.98 Å². The van der Waals surface area contributed by atoms with Gasteiger partial charge in [-0.1, -0.05) is 12.1 Å². The molecule has 0 saturated heterocycles. The summed E-state index contributed by atoms with van der Waals surface area (Å²) in [5.41, 5.74) is 1.85. The number of carbonyl (C=O) groups is 1. The minimum absolute atomic E-state index is 0.308. The molecule has 4 nitrogen and oxygen atoms in total. The lowest BCUT2D eigenvalue weighted by atomic mass is 10.0. The van der Waals surface area contributed by atoms with Gasteiger partial charge in [0.15, 0.2) is 6.10 Å². The molecule has 2 radical (unpaired) electrons. The molecule has 0 fully saturated rings. The van der Waals surface area contributed by atoms with Crippen LogP contribution in [0.4, 0.5) is 5.69 Å². The van der Waals surface area contributed by atoms with Crippen LogP contribution in [0.1, 0.15) is 18.9 Å². The summed E-state index contributed by atoms with van der Waals surface area (Å²) < 4.78 is 10.7. The van der Waals surface area contributed by atoms with Gasteiger partial charge in [-0.25, -0.2) is 4.79 Å². The van der Waals surface area contributed by atoms with Crippen LogP contribution in [-0.2, 0) is 16.0 Å². The lowest BCUT2D eigenvalue weighted by Crippen LogP contribution is -2.33. The van der Waals surface area contributed by atoms with Gasteiger partial charge in [0.25, 0.3) is 0 Å². The molecule has 0 bridgehead atoms. The molecule has 0 N–H and O–H groups in total. The normalized spacial score (nSPS) is 17.6. The van der Waals surface area contributed by atoms with E-state index >= 15 is 0 Å². The molecule has 0 spiro atoms. The summed E-state index contributed by atoms with van der Waals surface area (Å²) in [6.07, 6.45) is 0.905. The molecule has 94 valence electrons. The zero-order chi connectivity index (χ0) is 13.1. The van der Waals surface area contributed by atoms with E-state index in [9.17, 15) is 4.79 Å². The Kier molecular flexibility index (Phi) is 3.79. The second kappa shape index (κ2) is 5.33. The third-order valence-corrected chi connectivity index (χ3v) is 2.94. The highest BCUT2D eigenvalue weighted by molar-refractivity contribution is 6.18. The molecule has 1 atom stereocenters. The predicted octanol–water partition coefficient (Wildman–Crippen LogP) is 1.46. The van der Waals surface area contributed by atoms with E-state index in [-0.39, 0.29) is 5.97 Å². The lowest BCUT2D eigenvalue weighted by Gasteiger charge is -2.28. The summed E-state index contributed by atoms with van der Waals surface area (Å²) in [5, 5.41) is 0. The van der Waals surface area contributed by atoms with Gasteiger partial charge < -0.3 is 14.3 Å². The third-order valence-electron chi connectivity index (χ3n) is 2.94. The fourth-order valence-corrected chi connectivity index (χ4v) is 2.07. The molecule has 0 aliphatic carbocycles. The van der Waals surface area contributed by atoms with E-state index in [2.05, 4.69) is 0 Å². The Bertz CT molecular complexity index is 448. The molecular weight excluding hydrogens is 229 g/mol. The molecule has 1 heterocycles. The van der Waals surface area contributed by atoms with Crippen molar-refractivity contribution in [2.24, 2.45) is 0 Å². The molecule has 1 aliphatic rings. The topological polar surface area (TPSA) is 38.8 Å². The quantitative estimate of drug-likeness (QED) is 0.597. The summed E-state index contributed by atoms with van der Waals surface area (Å²) in [6.45, 7) is 2.15. The van der Waals surface area contributed by atoms with Crippen LogP contribution in [0.2, 0.25) is 0 Å². The first-order valence-electron chi connectivity index (χ1n) is 6.07. The van der Waals surface area contributed by atoms with Crippen molar-refractivity contribution in [3.63, 3.8) is 0 Å². The van der Waals surface area contributed by atoms with Gasteiger partial charge in [-0.05, 0) is 38.4 Å². The Morgan fingerprint density at radius 2 is 2.39 bits per heavy atom. The van der Waals surface area contributed by atoms with Crippen molar-refractivity contribution in [2.75, 3.05) is 18.5 Å². The van der Waals surface area contributed by atoms with Gasteiger partial charge in [-0.2, -0.15) is 0 Å². The van der Waals surface area contributed by atoms with Crippen LogP contribution in [0.5, 0.6) is 5.75 Å². The Labute approximate surface area is 108 Å². The number of hydrogen-bond donors (Lipinski definition) is 0. The maximum atomic E-state index is 11.7. The number of fused-ring (bicyclic) bond motifs is 1. The van der Waals surface area contributed by atoms with E-state index in [0.717, 1.165) is 17.7 Å². The predicted molar refractivity (Wildman–Crippen MR) is 70.0 cm³/mol. The van der Waals surface area contributed by atoms with E-state index in [1.165, 1.54) is 4.81 Å². The van der Waals surface area contributed by atoms with Crippen molar-refractivity contribution >= 4 is 19.6 Å². The summed E-state index contributed by atoms with van der Waals surface area (Å²) in [6, 6.07) is 5.79. The first kappa shape index (κ1) is 12.8. The Balaban J connectivity index is 2.24. The zero-order valence-electron chi connectivity index (χ0n) is 10.7. The van der Waals surface area contributed by atoms with Crippen LogP contribution >= 0.6 is 0 Å². The van der Waals surface area contributed by atoms with E-state index in [4.69, 9.17) is 17.5 Å². The van der Waals surface area contributed by atoms with Crippen LogP contribution in [0.3, 0.4) is 0 Å². The van der Waals surface area contributed by atoms with Gasteiger partial charge in [-0.3, -0.25) is 0 Å². The fourth-order valence-electron chi connectivity index (χ4n) is 2.07. The van der Waals surface area contributed by atoms with Crippen molar-refractivity contribution in [3.05, 3.63) is 23.8 Å².